The first-order valence-corrected chi connectivity index (χ1v) is 9.29. The van der Waals surface area contributed by atoms with Gasteiger partial charge in [0.2, 0.25) is 0 Å². The molecule has 0 spiro atoms. The fourth-order valence-corrected chi connectivity index (χ4v) is 3.08. The van der Waals surface area contributed by atoms with Gasteiger partial charge >= 0.3 is 0 Å². The highest BCUT2D eigenvalue weighted by Crippen LogP contribution is 2.23. The van der Waals surface area contributed by atoms with E-state index in [0.29, 0.717) is 18.1 Å². The first kappa shape index (κ1) is 19.4. The van der Waals surface area contributed by atoms with Gasteiger partial charge in [-0.15, -0.1) is 0 Å². The Kier molecular flexibility index (Phi) is 6.45. The molecule has 1 aromatic heterocycles. The molecule has 1 atom stereocenters. The summed E-state index contributed by atoms with van der Waals surface area (Å²) in [6.45, 7) is 3.30. The van der Waals surface area contributed by atoms with Crippen LogP contribution >= 0.6 is 11.6 Å². The predicted molar refractivity (Wildman–Crippen MR) is 111 cm³/mol. The summed E-state index contributed by atoms with van der Waals surface area (Å²) in [5, 5.41) is 14.3. The third-order valence-electron chi connectivity index (χ3n) is 4.41. The van der Waals surface area contributed by atoms with Crippen LogP contribution in [0.5, 0.6) is 0 Å². The molecule has 3 rings (SSSR count). The molecule has 3 aromatic rings. The van der Waals surface area contributed by atoms with Gasteiger partial charge in [-0.05, 0) is 48.9 Å². The molecule has 0 aliphatic heterocycles. The first-order valence-electron chi connectivity index (χ1n) is 8.91. The van der Waals surface area contributed by atoms with Gasteiger partial charge in [0.25, 0.3) is 0 Å². The SMILES string of the molecule is Cc1ccc(Cl)cc1Nc1ccc(CN(C)CC(O)c2ccccc2)cn1. The Morgan fingerprint density at radius 1 is 1.11 bits per heavy atom. The van der Waals surface area contributed by atoms with Gasteiger partial charge in [-0.1, -0.05) is 54.1 Å². The number of nitrogens with one attached hydrogen (secondary N) is 1. The summed E-state index contributed by atoms with van der Waals surface area (Å²) in [5.74, 6) is 0.774. The number of anilines is 2. The summed E-state index contributed by atoms with van der Waals surface area (Å²) < 4.78 is 0. The molecule has 0 saturated carbocycles. The smallest absolute Gasteiger partial charge is 0.130 e. The molecule has 1 unspecified atom stereocenters. The Labute approximate surface area is 165 Å². The van der Waals surface area contributed by atoms with E-state index in [1.165, 1.54) is 0 Å². The van der Waals surface area contributed by atoms with Gasteiger partial charge in [-0.3, -0.25) is 4.90 Å². The van der Waals surface area contributed by atoms with E-state index in [4.69, 9.17) is 11.6 Å². The number of hydrogen-bond acceptors (Lipinski definition) is 4. The molecule has 0 saturated heterocycles. The molecular weight excluding hydrogens is 358 g/mol. The number of hydrogen-bond donors (Lipinski definition) is 2. The van der Waals surface area contributed by atoms with E-state index in [9.17, 15) is 5.11 Å². The van der Waals surface area contributed by atoms with E-state index in [0.717, 1.165) is 28.2 Å². The van der Waals surface area contributed by atoms with E-state index in [1.54, 1.807) is 0 Å². The monoisotopic (exact) mass is 381 g/mol. The molecule has 0 aliphatic carbocycles. The van der Waals surface area contributed by atoms with E-state index in [-0.39, 0.29) is 0 Å². The van der Waals surface area contributed by atoms with Crippen LogP contribution in [-0.2, 0) is 6.54 Å². The number of aliphatic hydroxyl groups is 1. The minimum Gasteiger partial charge on any atom is -0.387 e. The van der Waals surface area contributed by atoms with Crippen LogP contribution < -0.4 is 5.32 Å². The molecule has 0 bridgehead atoms. The highest BCUT2D eigenvalue weighted by atomic mass is 35.5. The van der Waals surface area contributed by atoms with Crippen molar-refractivity contribution in [3.8, 4) is 0 Å². The highest BCUT2D eigenvalue weighted by Gasteiger charge is 2.11. The zero-order valence-corrected chi connectivity index (χ0v) is 16.3. The molecule has 1 heterocycles. The number of likely N-dealkylation sites (N-methyl/N-ethyl adjacent to an activating group) is 1. The van der Waals surface area contributed by atoms with Crippen molar-refractivity contribution in [3.63, 3.8) is 0 Å². The van der Waals surface area contributed by atoms with Crippen LogP contribution in [-0.4, -0.2) is 28.6 Å². The zero-order chi connectivity index (χ0) is 19.2. The van der Waals surface area contributed by atoms with Crippen LogP contribution in [0.2, 0.25) is 5.02 Å². The molecule has 4 nitrogen and oxygen atoms in total. The second-order valence-corrected chi connectivity index (χ2v) is 7.20. The molecule has 0 amide bonds. The highest BCUT2D eigenvalue weighted by molar-refractivity contribution is 6.30. The molecule has 2 aromatic carbocycles. The fourth-order valence-electron chi connectivity index (χ4n) is 2.91. The zero-order valence-electron chi connectivity index (χ0n) is 15.6. The number of aromatic nitrogens is 1. The van der Waals surface area contributed by atoms with Gasteiger partial charge in [0.05, 0.1) is 6.10 Å². The number of aliphatic hydroxyl groups excluding tert-OH is 1. The van der Waals surface area contributed by atoms with Crippen LogP contribution in [0.4, 0.5) is 11.5 Å². The van der Waals surface area contributed by atoms with Gasteiger partial charge in [0.15, 0.2) is 0 Å². The number of benzene rings is 2. The molecule has 0 aliphatic rings. The van der Waals surface area contributed by atoms with E-state index < -0.39 is 6.10 Å². The third kappa shape index (κ3) is 5.54. The minimum absolute atomic E-state index is 0.504. The normalized spacial score (nSPS) is 12.2. The Morgan fingerprint density at radius 2 is 1.89 bits per heavy atom. The lowest BCUT2D eigenvalue weighted by Crippen LogP contribution is -2.24. The van der Waals surface area contributed by atoms with Crippen molar-refractivity contribution in [1.29, 1.82) is 0 Å². The number of rotatable bonds is 7. The summed E-state index contributed by atoms with van der Waals surface area (Å²) in [4.78, 5) is 6.58. The summed E-state index contributed by atoms with van der Waals surface area (Å²) in [6.07, 6.45) is 1.35. The van der Waals surface area contributed by atoms with Crippen LogP contribution in [0, 0.1) is 6.92 Å². The Morgan fingerprint density at radius 3 is 2.59 bits per heavy atom. The van der Waals surface area contributed by atoms with Crippen molar-refractivity contribution in [3.05, 3.63) is 88.6 Å². The maximum atomic E-state index is 10.3. The molecule has 5 heteroatoms. The summed E-state index contributed by atoms with van der Waals surface area (Å²) >= 11 is 6.06. The van der Waals surface area contributed by atoms with Crippen LogP contribution in [0.1, 0.15) is 22.8 Å². The Balaban J connectivity index is 1.58. The van der Waals surface area contributed by atoms with Gasteiger partial charge in [0.1, 0.15) is 5.82 Å². The summed E-state index contributed by atoms with van der Waals surface area (Å²) in [5.41, 5.74) is 4.08. The van der Waals surface area contributed by atoms with Crippen molar-refractivity contribution < 1.29 is 5.11 Å². The van der Waals surface area contributed by atoms with Crippen molar-refractivity contribution in [2.24, 2.45) is 0 Å². The van der Waals surface area contributed by atoms with Crippen molar-refractivity contribution in [2.75, 3.05) is 18.9 Å². The summed E-state index contributed by atoms with van der Waals surface area (Å²) in [6, 6.07) is 19.5. The van der Waals surface area contributed by atoms with Crippen LogP contribution in [0.3, 0.4) is 0 Å². The quantitative estimate of drug-likeness (QED) is 0.607. The lowest BCUT2D eigenvalue weighted by molar-refractivity contribution is 0.124. The molecule has 0 radical (unpaired) electrons. The fraction of sp³-hybridized carbons (Fsp3) is 0.227. The number of halogens is 1. The number of pyridine rings is 1. The second kappa shape index (κ2) is 9.00. The lowest BCUT2D eigenvalue weighted by Gasteiger charge is -2.21. The van der Waals surface area contributed by atoms with Gasteiger partial charge < -0.3 is 10.4 Å². The van der Waals surface area contributed by atoms with E-state index in [1.807, 2.05) is 80.8 Å². The molecule has 140 valence electrons. The van der Waals surface area contributed by atoms with Crippen molar-refractivity contribution in [2.45, 2.75) is 19.6 Å². The largest absolute Gasteiger partial charge is 0.387 e. The average Bonchev–Trinajstić information content (AvgIpc) is 2.67. The van der Waals surface area contributed by atoms with Crippen molar-refractivity contribution >= 4 is 23.1 Å². The molecular formula is C22H24ClN3O. The van der Waals surface area contributed by atoms with Gasteiger partial charge in [-0.25, -0.2) is 4.98 Å². The van der Waals surface area contributed by atoms with E-state index >= 15 is 0 Å². The first-order chi connectivity index (χ1) is 13.0. The average molecular weight is 382 g/mol. The molecule has 2 N–H and O–H groups in total. The van der Waals surface area contributed by atoms with Crippen LogP contribution in [0.15, 0.2) is 66.9 Å². The molecule has 27 heavy (non-hydrogen) atoms. The molecule has 0 fully saturated rings. The van der Waals surface area contributed by atoms with Crippen LogP contribution in [0.25, 0.3) is 0 Å². The van der Waals surface area contributed by atoms with Gasteiger partial charge in [0, 0.05) is 30.0 Å². The second-order valence-electron chi connectivity index (χ2n) is 6.76. The predicted octanol–water partition coefficient (Wildman–Crippen LogP) is 4.95. The maximum absolute atomic E-state index is 10.3. The Hall–Kier alpha value is -2.40. The van der Waals surface area contributed by atoms with Crippen molar-refractivity contribution in [1.82, 2.24) is 9.88 Å². The minimum atomic E-state index is -0.504. The summed E-state index contributed by atoms with van der Waals surface area (Å²) in [7, 11) is 1.99. The maximum Gasteiger partial charge on any atom is 0.130 e. The van der Waals surface area contributed by atoms with Gasteiger partial charge in [-0.2, -0.15) is 0 Å². The number of nitrogens with zero attached hydrogens (tertiary/aromatic N) is 2. The lowest BCUT2D eigenvalue weighted by atomic mass is 10.1. The standard InChI is InChI=1S/C22H24ClN3O/c1-16-8-10-19(23)12-20(16)25-22-11-9-17(13-24-22)14-26(2)15-21(27)18-6-4-3-5-7-18/h3-13,21,27H,14-15H2,1-2H3,(H,24,25). The third-order valence-corrected chi connectivity index (χ3v) is 4.64. The number of aryl methyl sites for hydroxylation is 1. The topological polar surface area (TPSA) is 48.4 Å². The van der Waals surface area contributed by atoms with E-state index in [2.05, 4.69) is 15.2 Å². The Bertz CT molecular complexity index is 868.